The van der Waals surface area contributed by atoms with E-state index in [-0.39, 0.29) is 30.2 Å². The lowest BCUT2D eigenvalue weighted by Crippen LogP contribution is -2.30. The lowest BCUT2D eigenvalue weighted by molar-refractivity contribution is -0.384. The molecule has 1 N–H and O–H groups in total. The highest BCUT2D eigenvalue weighted by molar-refractivity contribution is 7.80. The van der Waals surface area contributed by atoms with Crippen LogP contribution in [0.25, 0.3) is 11.3 Å². The first-order chi connectivity index (χ1) is 16.0. The van der Waals surface area contributed by atoms with Crippen molar-refractivity contribution in [1.29, 1.82) is 0 Å². The highest BCUT2D eigenvalue weighted by Crippen LogP contribution is 2.40. The van der Waals surface area contributed by atoms with E-state index in [2.05, 4.69) is 10.3 Å². The highest BCUT2D eigenvalue weighted by Gasteiger charge is 2.41. The van der Waals surface area contributed by atoms with Crippen LogP contribution in [0.4, 0.5) is 5.69 Å². The van der Waals surface area contributed by atoms with Crippen LogP contribution in [-0.4, -0.2) is 39.5 Å². The van der Waals surface area contributed by atoms with Crippen molar-refractivity contribution in [2.45, 2.75) is 24.9 Å². The largest absolute Gasteiger partial charge is 0.469 e. The number of hydrogen-bond donors (Lipinski definition) is 1. The van der Waals surface area contributed by atoms with Gasteiger partial charge >= 0.3 is 5.97 Å². The Kier molecular flexibility index (Phi) is 6.64. The summed E-state index contributed by atoms with van der Waals surface area (Å²) in [7, 11) is 1.36. The van der Waals surface area contributed by atoms with E-state index in [4.69, 9.17) is 21.4 Å². The van der Waals surface area contributed by atoms with Gasteiger partial charge in [0.2, 0.25) is 0 Å². The molecule has 4 rings (SSSR count). The van der Waals surface area contributed by atoms with Gasteiger partial charge in [0.05, 0.1) is 23.8 Å². The van der Waals surface area contributed by atoms with Crippen molar-refractivity contribution in [3.63, 3.8) is 0 Å². The van der Waals surface area contributed by atoms with Crippen molar-refractivity contribution >= 4 is 29.0 Å². The van der Waals surface area contributed by atoms with Crippen LogP contribution in [0.3, 0.4) is 0 Å². The van der Waals surface area contributed by atoms with Gasteiger partial charge in [-0.05, 0) is 42.9 Å². The molecule has 0 saturated carbocycles. The summed E-state index contributed by atoms with van der Waals surface area (Å²) in [6.45, 7) is 0.516. The van der Waals surface area contributed by atoms with Gasteiger partial charge in [-0.1, -0.05) is 18.2 Å². The van der Waals surface area contributed by atoms with Gasteiger partial charge in [-0.2, -0.15) is 0 Å². The number of carbonyl (C=O) groups excluding carboxylic acids is 1. The van der Waals surface area contributed by atoms with Crippen LogP contribution in [0.1, 0.15) is 36.4 Å². The Bertz CT molecular complexity index is 1170. The zero-order valence-electron chi connectivity index (χ0n) is 17.8. The SMILES string of the molecule is COC(=O)CCCN1C(=S)N[C@H](c2ccccn2)[C@@H]1c1ccc(-c2cccc([N+](=O)[O-])c2)o1. The summed E-state index contributed by atoms with van der Waals surface area (Å²) in [4.78, 5) is 28.8. The van der Waals surface area contributed by atoms with E-state index in [0.29, 0.717) is 35.2 Å². The van der Waals surface area contributed by atoms with Gasteiger partial charge in [0.25, 0.3) is 5.69 Å². The van der Waals surface area contributed by atoms with Crippen LogP contribution in [0.15, 0.2) is 65.2 Å². The Morgan fingerprint density at radius 3 is 2.85 bits per heavy atom. The van der Waals surface area contributed by atoms with Gasteiger partial charge in [-0.3, -0.25) is 19.9 Å². The Morgan fingerprint density at radius 2 is 2.12 bits per heavy atom. The first kappa shape index (κ1) is 22.4. The topological polar surface area (TPSA) is 111 Å². The minimum atomic E-state index is -0.438. The molecule has 10 heteroatoms. The number of thiocarbonyl (C=S) groups is 1. The number of hydrogen-bond acceptors (Lipinski definition) is 7. The molecule has 33 heavy (non-hydrogen) atoms. The van der Waals surface area contributed by atoms with Crippen molar-refractivity contribution in [2.75, 3.05) is 13.7 Å². The first-order valence-electron chi connectivity index (χ1n) is 10.4. The molecule has 1 saturated heterocycles. The summed E-state index contributed by atoms with van der Waals surface area (Å²) in [6.07, 6.45) is 2.54. The number of benzene rings is 1. The summed E-state index contributed by atoms with van der Waals surface area (Å²) in [5.41, 5.74) is 1.40. The lowest BCUT2D eigenvalue weighted by atomic mass is 10.0. The fraction of sp³-hybridized carbons (Fsp3) is 0.261. The molecular weight excluding hydrogens is 444 g/mol. The fourth-order valence-electron chi connectivity index (χ4n) is 3.89. The molecule has 0 aliphatic carbocycles. The molecule has 3 heterocycles. The second kappa shape index (κ2) is 9.78. The minimum absolute atomic E-state index is 0.00930. The number of furan rings is 1. The number of nitro groups is 1. The number of aromatic nitrogens is 1. The zero-order chi connectivity index (χ0) is 23.4. The maximum atomic E-state index is 11.6. The van der Waals surface area contributed by atoms with E-state index in [1.807, 2.05) is 29.2 Å². The number of ether oxygens (including phenoxy) is 1. The molecule has 2 aromatic heterocycles. The van der Waals surface area contributed by atoms with Crippen molar-refractivity contribution in [3.8, 4) is 11.3 Å². The molecule has 2 atom stereocenters. The fourth-order valence-corrected chi connectivity index (χ4v) is 4.22. The van der Waals surface area contributed by atoms with Crippen LogP contribution >= 0.6 is 12.2 Å². The monoisotopic (exact) mass is 466 g/mol. The zero-order valence-corrected chi connectivity index (χ0v) is 18.7. The summed E-state index contributed by atoms with van der Waals surface area (Å²) >= 11 is 5.60. The molecule has 0 radical (unpaired) electrons. The van der Waals surface area contributed by atoms with E-state index in [9.17, 15) is 14.9 Å². The van der Waals surface area contributed by atoms with Gasteiger partial charge in [-0.25, -0.2) is 0 Å². The van der Waals surface area contributed by atoms with E-state index >= 15 is 0 Å². The Balaban J connectivity index is 1.66. The first-order valence-corrected chi connectivity index (χ1v) is 10.8. The molecule has 9 nitrogen and oxygen atoms in total. The van der Waals surface area contributed by atoms with E-state index in [1.165, 1.54) is 19.2 Å². The molecule has 170 valence electrons. The Morgan fingerprint density at radius 1 is 1.27 bits per heavy atom. The number of rotatable bonds is 8. The number of non-ortho nitro benzene ring substituents is 1. The molecule has 1 aliphatic rings. The van der Waals surface area contributed by atoms with Crippen LogP contribution in [0, 0.1) is 10.1 Å². The molecule has 1 aromatic carbocycles. The molecule has 0 bridgehead atoms. The average Bonchev–Trinajstić information content (AvgIpc) is 3.44. The smallest absolute Gasteiger partial charge is 0.305 e. The van der Waals surface area contributed by atoms with Crippen molar-refractivity contribution in [1.82, 2.24) is 15.2 Å². The number of esters is 1. The maximum absolute atomic E-state index is 11.6. The number of nitro benzene ring substituents is 1. The average molecular weight is 467 g/mol. The van der Waals surface area contributed by atoms with Gasteiger partial charge in [0.1, 0.15) is 17.6 Å². The minimum Gasteiger partial charge on any atom is -0.469 e. The number of carbonyl (C=O) groups is 1. The predicted molar refractivity (Wildman–Crippen MR) is 124 cm³/mol. The third-order valence-corrected chi connectivity index (χ3v) is 5.82. The number of methoxy groups -OCH3 is 1. The summed E-state index contributed by atoms with van der Waals surface area (Å²) < 4.78 is 10.9. The van der Waals surface area contributed by atoms with Crippen LogP contribution < -0.4 is 5.32 Å². The second-order valence-electron chi connectivity index (χ2n) is 7.51. The predicted octanol–water partition coefficient (Wildman–Crippen LogP) is 4.18. The van der Waals surface area contributed by atoms with Gasteiger partial charge < -0.3 is 19.4 Å². The second-order valence-corrected chi connectivity index (χ2v) is 7.90. The van der Waals surface area contributed by atoms with Gasteiger partial charge in [0, 0.05) is 36.9 Å². The number of nitrogens with zero attached hydrogens (tertiary/aromatic N) is 3. The maximum Gasteiger partial charge on any atom is 0.305 e. The highest BCUT2D eigenvalue weighted by atomic mass is 32.1. The van der Waals surface area contributed by atoms with E-state index in [1.54, 1.807) is 24.4 Å². The van der Waals surface area contributed by atoms with Crippen LogP contribution in [-0.2, 0) is 9.53 Å². The molecule has 0 amide bonds. The van der Waals surface area contributed by atoms with Crippen LogP contribution in [0.2, 0.25) is 0 Å². The van der Waals surface area contributed by atoms with E-state index in [0.717, 1.165) is 5.69 Å². The normalized spacial score (nSPS) is 17.6. The number of nitrogens with one attached hydrogen (secondary N) is 1. The summed E-state index contributed by atoms with van der Waals surface area (Å²) in [5, 5.41) is 15.0. The third kappa shape index (κ3) is 4.85. The summed E-state index contributed by atoms with van der Waals surface area (Å²) in [6, 6.07) is 15.0. The molecule has 1 fully saturated rings. The standard InChI is InChI=1S/C23H22N4O5S/c1-31-20(28)9-5-13-26-22(21(25-23(26)33)17-8-2-3-12-24-17)19-11-10-18(32-19)15-6-4-7-16(14-15)27(29)30/h2-4,6-8,10-12,14,21-22H,5,9,13H2,1H3,(H,25,33)/t21-,22+/m1/s1. The summed E-state index contributed by atoms with van der Waals surface area (Å²) in [5.74, 6) is 0.871. The number of pyridine rings is 1. The Labute approximate surface area is 195 Å². The van der Waals surface area contributed by atoms with Gasteiger partial charge in [-0.15, -0.1) is 0 Å². The molecular formula is C23H22N4O5S. The lowest BCUT2D eigenvalue weighted by Gasteiger charge is -2.25. The van der Waals surface area contributed by atoms with Crippen LogP contribution in [0.5, 0.6) is 0 Å². The molecule has 0 unspecified atom stereocenters. The molecule has 0 spiro atoms. The Hall–Kier alpha value is -3.79. The van der Waals surface area contributed by atoms with Crippen molar-refractivity contribution in [2.24, 2.45) is 0 Å². The van der Waals surface area contributed by atoms with Crippen molar-refractivity contribution in [3.05, 3.63) is 82.4 Å². The molecule has 1 aliphatic heterocycles. The molecule has 3 aromatic rings. The third-order valence-electron chi connectivity index (χ3n) is 5.47. The quantitative estimate of drug-likeness (QED) is 0.226. The van der Waals surface area contributed by atoms with E-state index < -0.39 is 4.92 Å². The van der Waals surface area contributed by atoms with Crippen molar-refractivity contribution < 1.29 is 18.9 Å². The van der Waals surface area contributed by atoms with Gasteiger partial charge in [0.15, 0.2) is 5.11 Å².